The molecule has 1 amide bonds. The summed E-state index contributed by atoms with van der Waals surface area (Å²) in [5, 5.41) is 3.53. The first kappa shape index (κ1) is 47.6. The van der Waals surface area contributed by atoms with Crippen LogP contribution < -0.4 is 19.5 Å². The highest BCUT2D eigenvalue weighted by Gasteiger charge is 2.43. The van der Waals surface area contributed by atoms with Crippen LogP contribution >= 0.6 is 23.2 Å². The number of piperidine rings is 3. The molecule has 356 valence electrons. The number of fused-ring (bicyclic) bond motifs is 3. The van der Waals surface area contributed by atoms with E-state index in [9.17, 15) is 27.7 Å². The van der Waals surface area contributed by atoms with Gasteiger partial charge in [-0.1, -0.05) is 77.8 Å². The Morgan fingerprint density at radius 3 is 2.26 bits per heavy atom. The summed E-state index contributed by atoms with van der Waals surface area (Å²) in [5.41, 5.74) is 2.53. The highest BCUT2D eigenvalue weighted by atomic mass is 35.5. The number of carbonyl (C=O) groups excluding carboxylic acids is 3. The molecule has 1 N–H and O–H groups in total. The van der Waals surface area contributed by atoms with Gasteiger partial charge in [0.15, 0.2) is 16.4 Å². The van der Waals surface area contributed by atoms with Crippen LogP contribution in [0, 0.1) is 17.8 Å². The largest absolute Gasteiger partial charge is 0.593 e. The normalized spacial score (nSPS) is 20.4. The Labute approximate surface area is 405 Å². The molecule has 10 rings (SSSR count). The first-order chi connectivity index (χ1) is 32.9. The van der Waals surface area contributed by atoms with E-state index in [1.54, 1.807) is 40.7 Å². The number of nitrogens with zero attached hydrogens (tertiary/aromatic N) is 3. The summed E-state index contributed by atoms with van der Waals surface area (Å²) in [4.78, 5) is 47.3. The molecule has 5 fully saturated rings. The lowest BCUT2D eigenvalue weighted by atomic mass is 9.86. The summed E-state index contributed by atoms with van der Waals surface area (Å²) in [6, 6.07) is 26.4. The van der Waals surface area contributed by atoms with Crippen molar-refractivity contribution >= 4 is 52.6 Å². The molecule has 1 saturated carbocycles. The van der Waals surface area contributed by atoms with Gasteiger partial charge in [-0.3, -0.25) is 14.7 Å². The van der Waals surface area contributed by atoms with Gasteiger partial charge in [0.2, 0.25) is 0 Å². The monoisotopic (exact) mass is 988 g/mol. The second-order valence-electron chi connectivity index (χ2n) is 17.4. The summed E-state index contributed by atoms with van der Waals surface area (Å²) in [6.07, 6.45) is 5.13. The molecule has 13 nitrogen and oxygen atoms in total. The van der Waals surface area contributed by atoms with Gasteiger partial charge in [-0.2, -0.15) is 8.78 Å². The van der Waals surface area contributed by atoms with Gasteiger partial charge in [0.25, 0.3) is 0 Å². The maximum Gasteiger partial charge on any atom is 0.408 e. The molecule has 2 bridgehead atoms. The zero-order valence-corrected chi connectivity index (χ0v) is 39.0. The Kier molecular flexibility index (Phi) is 15.0. The van der Waals surface area contributed by atoms with Crippen LogP contribution in [0.15, 0.2) is 114 Å². The number of esters is 2. The molecule has 0 radical (unpaired) electrons. The smallest absolute Gasteiger partial charge is 0.408 e. The Morgan fingerprint density at radius 1 is 0.824 bits per heavy atom. The van der Waals surface area contributed by atoms with Crippen LogP contribution in [-0.2, 0) is 32.1 Å². The van der Waals surface area contributed by atoms with E-state index < -0.39 is 54.1 Å². The number of rotatable bonds is 18. The fourth-order valence-corrected chi connectivity index (χ4v) is 10.5. The van der Waals surface area contributed by atoms with E-state index in [0.717, 1.165) is 50.9 Å². The molecular weight excluding hydrogens is 942 g/mol. The second-order valence-corrected chi connectivity index (χ2v) is 19.7. The predicted molar refractivity (Wildman–Crippen MR) is 248 cm³/mol. The molecule has 4 aliphatic heterocycles. The van der Waals surface area contributed by atoms with Crippen molar-refractivity contribution in [2.45, 2.75) is 61.9 Å². The number of hydrogen-bond donors (Lipinski definition) is 1. The zero-order valence-electron chi connectivity index (χ0n) is 36.6. The van der Waals surface area contributed by atoms with E-state index in [1.165, 1.54) is 36.7 Å². The Bertz CT molecular complexity index is 2580. The minimum absolute atomic E-state index is 0.0253. The number of aromatic nitrogens is 1. The van der Waals surface area contributed by atoms with E-state index >= 15 is 0 Å². The lowest BCUT2D eigenvalue weighted by Crippen LogP contribution is -2.53. The number of hydrogen-bond acceptors (Lipinski definition) is 12. The van der Waals surface area contributed by atoms with Crippen molar-refractivity contribution in [2.24, 2.45) is 17.8 Å². The van der Waals surface area contributed by atoms with Crippen LogP contribution in [0.25, 0.3) is 0 Å². The second kappa shape index (κ2) is 21.4. The van der Waals surface area contributed by atoms with Gasteiger partial charge in [0, 0.05) is 31.4 Å². The van der Waals surface area contributed by atoms with Crippen molar-refractivity contribution in [2.75, 3.05) is 39.3 Å². The quantitative estimate of drug-likeness (QED) is 0.0506. The third-order valence-electron chi connectivity index (χ3n) is 12.7. The van der Waals surface area contributed by atoms with E-state index in [4.69, 9.17) is 46.9 Å². The first-order valence-electron chi connectivity index (χ1n) is 22.5. The van der Waals surface area contributed by atoms with Crippen LogP contribution in [-0.4, -0.2) is 88.8 Å². The molecule has 4 atom stereocenters. The third-order valence-corrected chi connectivity index (χ3v) is 14.7. The van der Waals surface area contributed by atoms with Crippen molar-refractivity contribution in [3.05, 3.63) is 147 Å². The van der Waals surface area contributed by atoms with Crippen molar-refractivity contribution in [3.63, 3.8) is 0 Å². The fourth-order valence-electron chi connectivity index (χ4n) is 8.67. The van der Waals surface area contributed by atoms with E-state index in [1.807, 2.05) is 36.4 Å². The molecular formula is C50H48Cl2F2N4O9S. The highest BCUT2D eigenvalue weighted by Crippen LogP contribution is 2.39. The fraction of sp³-hybridized carbons (Fsp3) is 0.360. The van der Waals surface area contributed by atoms with Gasteiger partial charge in [0.05, 0.1) is 58.6 Å². The van der Waals surface area contributed by atoms with Gasteiger partial charge in [0.1, 0.15) is 18.0 Å². The van der Waals surface area contributed by atoms with Crippen molar-refractivity contribution in [1.29, 1.82) is 0 Å². The van der Waals surface area contributed by atoms with Crippen LogP contribution in [0.3, 0.4) is 0 Å². The molecule has 5 aliphatic rings. The number of benzene rings is 4. The third kappa shape index (κ3) is 11.7. The average Bonchev–Trinajstić information content (AvgIpc) is 4.16. The lowest BCUT2D eigenvalue weighted by Gasteiger charge is -2.43. The van der Waals surface area contributed by atoms with E-state index in [0.29, 0.717) is 40.0 Å². The Hall–Kier alpha value is -5.49. The SMILES string of the molecule is O=C(N[C@@H](c1ccccc1)c1cccc(OC(=O)c2cccc([S+]([O-])N3CC(C(=O)O[C@@H](Cc4c(Cl)cncc4Cl)c4ccc(OC(F)F)c(OCC5CC5)c4)C3)c2)c1)O[C@H]1CN2CCC1CC2. The van der Waals surface area contributed by atoms with Gasteiger partial charge in [-0.05, 0) is 109 Å². The molecule has 0 spiro atoms. The summed E-state index contributed by atoms with van der Waals surface area (Å²) < 4.78 is 70.5. The van der Waals surface area contributed by atoms with Crippen LogP contribution in [0.2, 0.25) is 10.0 Å². The minimum atomic E-state index is -3.08. The lowest BCUT2D eigenvalue weighted by molar-refractivity contribution is -0.158. The van der Waals surface area contributed by atoms with Gasteiger partial charge < -0.3 is 33.6 Å². The average molecular weight is 990 g/mol. The molecule has 1 unspecified atom stereocenters. The molecule has 1 aromatic heterocycles. The van der Waals surface area contributed by atoms with Crippen LogP contribution in [0.1, 0.15) is 70.4 Å². The van der Waals surface area contributed by atoms with Crippen LogP contribution in [0.5, 0.6) is 17.2 Å². The standard InChI is InChI=1S/C50H48Cl2F2N4O9S/c51-40-24-55-25-41(52)39(40)23-43(33-14-15-42(66-49(53)54)44(22-33)63-29-30-12-13-30)65-48(60)36-26-58(27-36)68(62)38-11-5-9-35(21-38)47(59)64-37-10-4-8-34(20-37)46(32-6-2-1-3-7-32)56-50(61)67-45-28-57-18-16-31(45)17-19-57/h1-11,14-15,20-22,24-25,30-31,36,43,45-46,49H,12-13,16-19,23,26-29H2,(H,56,61)/t43-,45-,46-,68?/m0/s1. The predicted octanol–water partition coefficient (Wildman–Crippen LogP) is 9.39. The first-order valence-corrected chi connectivity index (χ1v) is 24.3. The van der Waals surface area contributed by atoms with Crippen molar-refractivity contribution in [3.8, 4) is 17.2 Å². The van der Waals surface area contributed by atoms with Gasteiger partial charge in [-0.25, -0.2) is 9.59 Å². The van der Waals surface area contributed by atoms with Crippen LogP contribution in [0.4, 0.5) is 13.6 Å². The summed E-state index contributed by atoms with van der Waals surface area (Å²) in [5.74, 6) is -1.13. The maximum atomic E-state index is 13.8. The number of alkyl carbamates (subject to hydrolysis) is 1. The van der Waals surface area contributed by atoms with Crippen molar-refractivity contribution < 1.29 is 51.4 Å². The molecule has 5 aromatic rings. The number of nitrogens with one attached hydrogen (secondary N) is 1. The number of alkyl halides is 2. The highest BCUT2D eigenvalue weighted by molar-refractivity contribution is 7.89. The number of amides is 1. The van der Waals surface area contributed by atoms with E-state index in [-0.39, 0.29) is 58.5 Å². The van der Waals surface area contributed by atoms with Gasteiger partial charge in [-0.15, -0.1) is 4.31 Å². The number of pyridine rings is 1. The van der Waals surface area contributed by atoms with Gasteiger partial charge >= 0.3 is 24.6 Å². The maximum absolute atomic E-state index is 13.8. The summed E-state index contributed by atoms with van der Waals surface area (Å²) in [6.45, 7) is 0.172. The van der Waals surface area contributed by atoms with E-state index in [2.05, 4.69) is 15.2 Å². The number of halogens is 4. The molecule has 18 heteroatoms. The summed E-state index contributed by atoms with van der Waals surface area (Å²) >= 11 is 11.2. The molecule has 1 aliphatic carbocycles. The minimum Gasteiger partial charge on any atom is -0.593 e. The molecule has 4 saturated heterocycles. The Morgan fingerprint density at radius 2 is 1.56 bits per heavy atom. The Balaban J connectivity index is 0.841. The number of carbonyl (C=O) groups is 3. The zero-order chi connectivity index (χ0) is 47.3. The number of ether oxygens (including phenoxy) is 5. The molecule has 68 heavy (non-hydrogen) atoms. The topological polar surface area (TPSA) is 152 Å². The molecule has 5 heterocycles. The van der Waals surface area contributed by atoms with Crippen molar-refractivity contribution in [1.82, 2.24) is 19.5 Å². The summed E-state index contributed by atoms with van der Waals surface area (Å²) in [7, 11) is 0. The molecule has 4 aromatic carbocycles.